The Morgan fingerprint density at radius 1 is 0.921 bits per heavy atom. The van der Waals surface area contributed by atoms with E-state index in [1.54, 1.807) is 14.0 Å². The highest BCUT2D eigenvalue weighted by molar-refractivity contribution is 5.74. The maximum absolute atomic E-state index is 11.8. The van der Waals surface area contributed by atoms with Crippen molar-refractivity contribution < 1.29 is 14.7 Å². The van der Waals surface area contributed by atoms with Gasteiger partial charge in [-0.3, -0.25) is 4.79 Å². The second-order valence-corrected chi connectivity index (χ2v) is 10.6. The van der Waals surface area contributed by atoms with E-state index < -0.39 is 6.09 Å². The quantitative estimate of drug-likeness (QED) is 0.424. The first-order valence-electron chi connectivity index (χ1n) is 13.5. The number of nitrogens with one attached hydrogen (secondary N) is 1. The highest BCUT2D eigenvalue weighted by Gasteiger charge is 2.42. The summed E-state index contributed by atoms with van der Waals surface area (Å²) in [6, 6.07) is 30.9. The van der Waals surface area contributed by atoms with E-state index >= 15 is 0 Å². The van der Waals surface area contributed by atoms with Crippen LogP contribution < -0.4 is 5.32 Å². The Morgan fingerprint density at radius 2 is 1.47 bits per heavy atom. The topological polar surface area (TPSA) is 72.9 Å². The first-order valence-corrected chi connectivity index (χ1v) is 13.5. The molecule has 200 valence electrons. The summed E-state index contributed by atoms with van der Waals surface area (Å²) in [7, 11) is 1.55. The maximum Gasteiger partial charge on any atom is 0.407 e. The number of likely N-dealkylation sites (tertiary alicyclic amines) is 1. The minimum absolute atomic E-state index is 0.0636. The number of carboxylic acid groups (broad SMARTS) is 1. The molecule has 3 aromatic rings. The van der Waals surface area contributed by atoms with Crippen LogP contribution in [0.5, 0.6) is 0 Å². The summed E-state index contributed by atoms with van der Waals surface area (Å²) in [6.07, 6.45) is 2.38. The van der Waals surface area contributed by atoms with Crippen LogP contribution in [0.1, 0.15) is 48.8 Å². The molecule has 2 aliphatic rings. The summed E-state index contributed by atoms with van der Waals surface area (Å²) >= 11 is 0. The van der Waals surface area contributed by atoms with Crippen LogP contribution in [0, 0.1) is 5.92 Å². The Hall–Kier alpha value is -3.64. The van der Waals surface area contributed by atoms with Gasteiger partial charge in [-0.2, -0.15) is 0 Å². The van der Waals surface area contributed by atoms with E-state index in [0.717, 1.165) is 43.3 Å². The number of rotatable bonds is 7. The number of carbonyl (C=O) groups is 2. The monoisotopic (exact) mass is 513 g/mol. The van der Waals surface area contributed by atoms with Crippen LogP contribution >= 0.6 is 0 Å². The van der Waals surface area contributed by atoms with Gasteiger partial charge in [0.25, 0.3) is 0 Å². The van der Waals surface area contributed by atoms with Crippen molar-refractivity contribution in [2.24, 2.45) is 5.92 Å². The van der Waals surface area contributed by atoms with Gasteiger partial charge in [0.05, 0.1) is 5.54 Å². The molecule has 6 nitrogen and oxygen atoms in total. The fourth-order valence-electron chi connectivity index (χ4n) is 5.51. The summed E-state index contributed by atoms with van der Waals surface area (Å²) < 4.78 is 0. The van der Waals surface area contributed by atoms with E-state index in [-0.39, 0.29) is 11.4 Å². The van der Waals surface area contributed by atoms with Crippen LogP contribution in [0.4, 0.5) is 4.79 Å². The molecule has 38 heavy (non-hydrogen) atoms. The summed E-state index contributed by atoms with van der Waals surface area (Å²) in [5.41, 5.74) is 3.53. The molecule has 0 bridgehead atoms. The summed E-state index contributed by atoms with van der Waals surface area (Å²) in [5, 5.41) is 11.8. The molecular formula is C32H39N3O3. The summed E-state index contributed by atoms with van der Waals surface area (Å²) in [4.78, 5) is 26.1. The average Bonchev–Trinajstić information content (AvgIpc) is 3.70. The van der Waals surface area contributed by atoms with Gasteiger partial charge in [0.2, 0.25) is 5.91 Å². The summed E-state index contributed by atoms with van der Waals surface area (Å²) in [6.45, 7) is 5.35. The Kier molecular flexibility index (Phi) is 9.19. The van der Waals surface area contributed by atoms with Gasteiger partial charge in [-0.25, -0.2) is 4.79 Å². The smallest absolute Gasteiger partial charge is 0.407 e. The number of amides is 2. The number of carbonyl (C=O) groups excluding carboxylic acids is 1. The zero-order valence-corrected chi connectivity index (χ0v) is 22.4. The molecule has 6 heteroatoms. The van der Waals surface area contributed by atoms with Crippen LogP contribution in [0.2, 0.25) is 0 Å². The van der Waals surface area contributed by atoms with Crippen LogP contribution in [0.15, 0.2) is 91.0 Å². The molecule has 5 rings (SSSR count). The van der Waals surface area contributed by atoms with Gasteiger partial charge in [0.1, 0.15) is 0 Å². The standard InChI is InChI=1S/C23H28N2O.C9H11NO2/c1-18(26)24-23(21-10-6-3-7-11-21)12-14-25(15-13-23)17-20-16-22(20)19-8-4-2-5-9-19;1-10(9(11)12)7-8-5-3-2-4-6-8/h2-11,20,22H,12-17H2,1H3,(H,24,26);2-6H,7H2,1H3,(H,11,12)/t20-,22+;/m0./s1. The molecular weight excluding hydrogens is 474 g/mol. The third kappa shape index (κ3) is 7.45. The number of piperidine rings is 1. The van der Waals surface area contributed by atoms with E-state index in [0.29, 0.717) is 6.54 Å². The van der Waals surface area contributed by atoms with Crippen LogP contribution in [-0.2, 0) is 16.9 Å². The minimum atomic E-state index is -0.904. The molecule has 2 amide bonds. The molecule has 0 radical (unpaired) electrons. The zero-order chi connectivity index (χ0) is 27.0. The minimum Gasteiger partial charge on any atom is -0.465 e. The van der Waals surface area contributed by atoms with E-state index in [4.69, 9.17) is 5.11 Å². The third-order valence-corrected chi connectivity index (χ3v) is 7.68. The van der Waals surface area contributed by atoms with E-state index in [1.807, 2.05) is 36.4 Å². The molecule has 1 aliphatic heterocycles. The van der Waals surface area contributed by atoms with Crippen molar-refractivity contribution >= 4 is 12.0 Å². The van der Waals surface area contributed by atoms with Gasteiger partial charge < -0.3 is 20.2 Å². The second kappa shape index (κ2) is 12.7. The SMILES string of the molecule is CC(=O)NC1(c2ccccc2)CCN(C[C@@H]2C[C@@H]2c2ccccc2)CC1.CN(Cc1ccccc1)C(=O)O. The molecule has 2 N–H and O–H groups in total. The van der Waals surface area contributed by atoms with Crippen LogP contribution in [0.25, 0.3) is 0 Å². The van der Waals surface area contributed by atoms with Gasteiger partial charge in [0.15, 0.2) is 0 Å². The Bertz CT molecular complexity index is 1160. The Labute approximate surface area is 226 Å². The maximum atomic E-state index is 11.8. The van der Waals surface area contributed by atoms with Crippen molar-refractivity contribution in [2.45, 2.75) is 44.2 Å². The molecule has 0 aromatic heterocycles. The highest BCUT2D eigenvalue weighted by atomic mass is 16.4. The number of hydrogen-bond acceptors (Lipinski definition) is 3. The lowest BCUT2D eigenvalue weighted by molar-refractivity contribution is -0.121. The number of hydrogen-bond donors (Lipinski definition) is 2. The first-order chi connectivity index (χ1) is 18.4. The van der Waals surface area contributed by atoms with E-state index in [2.05, 4.69) is 64.8 Å². The summed E-state index contributed by atoms with van der Waals surface area (Å²) in [5.74, 6) is 1.60. The predicted octanol–water partition coefficient (Wildman–Crippen LogP) is 5.71. The first kappa shape index (κ1) is 27.4. The number of benzene rings is 3. The number of nitrogens with zero attached hydrogens (tertiary/aromatic N) is 2. The molecule has 1 saturated heterocycles. The van der Waals surface area contributed by atoms with Crippen molar-refractivity contribution in [1.82, 2.24) is 15.1 Å². The van der Waals surface area contributed by atoms with Crippen molar-refractivity contribution in [2.75, 3.05) is 26.7 Å². The third-order valence-electron chi connectivity index (χ3n) is 7.68. The van der Waals surface area contributed by atoms with Crippen molar-refractivity contribution in [1.29, 1.82) is 0 Å². The average molecular weight is 514 g/mol. The molecule has 0 unspecified atom stereocenters. The van der Waals surface area contributed by atoms with Gasteiger partial charge in [-0.1, -0.05) is 91.0 Å². The van der Waals surface area contributed by atoms with Crippen molar-refractivity contribution in [3.8, 4) is 0 Å². The lowest BCUT2D eigenvalue weighted by Crippen LogP contribution is -2.52. The molecule has 3 aromatic carbocycles. The largest absolute Gasteiger partial charge is 0.465 e. The second-order valence-electron chi connectivity index (χ2n) is 10.6. The molecule has 1 heterocycles. The van der Waals surface area contributed by atoms with Crippen LogP contribution in [-0.4, -0.2) is 53.6 Å². The molecule has 2 fully saturated rings. The Balaban J connectivity index is 0.000000236. The fraction of sp³-hybridized carbons (Fsp3) is 0.375. The van der Waals surface area contributed by atoms with Gasteiger partial charge >= 0.3 is 6.09 Å². The molecule has 1 aliphatic carbocycles. The van der Waals surface area contributed by atoms with E-state index in [9.17, 15) is 9.59 Å². The lowest BCUT2D eigenvalue weighted by atomic mass is 9.80. The molecule has 0 spiro atoms. The van der Waals surface area contributed by atoms with Crippen LogP contribution in [0.3, 0.4) is 0 Å². The zero-order valence-electron chi connectivity index (χ0n) is 22.4. The normalized spacial score (nSPS) is 19.9. The lowest BCUT2D eigenvalue weighted by Gasteiger charge is -2.43. The molecule has 1 saturated carbocycles. The van der Waals surface area contributed by atoms with Gasteiger partial charge in [-0.15, -0.1) is 0 Å². The van der Waals surface area contributed by atoms with Gasteiger partial charge in [0, 0.05) is 40.2 Å². The fourth-order valence-corrected chi connectivity index (χ4v) is 5.51. The Morgan fingerprint density at radius 3 is 2.03 bits per heavy atom. The van der Waals surface area contributed by atoms with E-state index in [1.165, 1.54) is 29.0 Å². The van der Waals surface area contributed by atoms with Crippen molar-refractivity contribution in [3.63, 3.8) is 0 Å². The molecule has 2 atom stereocenters. The van der Waals surface area contributed by atoms with Gasteiger partial charge in [-0.05, 0) is 47.8 Å². The van der Waals surface area contributed by atoms with Crippen molar-refractivity contribution in [3.05, 3.63) is 108 Å². The predicted molar refractivity (Wildman–Crippen MR) is 151 cm³/mol. The highest BCUT2D eigenvalue weighted by Crippen LogP contribution is 2.48.